The number of fused-ring (bicyclic) bond motifs is 2. The third-order valence-electron chi connectivity index (χ3n) is 5.31. The number of nitrogens with zero attached hydrogens (tertiary/aromatic N) is 1. The van der Waals surface area contributed by atoms with Crippen LogP contribution in [0, 0.1) is 12.7 Å². The van der Waals surface area contributed by atoms with Gasteiger partial charge in [0, 0.05) is 17.5 Å². The molecule has 0 saturated heterocycles. The third-order valence-corrected chi connectivity index (χ3v) is 5.31. The van der Waals surface area contributed by atoms with Gasteiger partial charge >= 0.3 is 11.9 Å². The summed E-state index contributed by atoms with van der Waals surface area (Å²) in [5.41, 5.74) is 2.53. The van der Waals surface area contributed by atoms with Crippen LogP contribution in [0.25, 0.3) is 10.9 Å². The van der Waals surface area contributed by atoms with E-state index in [0.29, 0.717) is 16.6 Å². The lowest BCUT2D eigenvalue weighted by molar-refractivity contribution is -0.148. The molecule has 2 heterocycles. The van der Waals surface area contributed by atoms with Gasteiger partial charge in [-0.2, -0.15) is 0 Å². The largest absolute Gasteiger partial charge is 0.465 e. The summed E-state index contributed by atoms with van der Waals surface area (Å²) in [6.07, 6.45) is -0.120. The van der Waals surface area contributed by atoms with Crippen molar-refractivity contribution < 1.29 is 28.2 Å². The Bertz CT molecular complexity index is 1220. The van der Waals surface area contributed by atoms with Gasteiger partial charge in [-0.25, -0.2) is 14.2 Å². The monoisotopic (exact) mass is 422 g/mol. The molecule has 2 aromatic carbocycles. The van der Waals surface area contributed by atoms with Gasteiger partial charge in [0.1, 0.15) is 12.4 Å². The lowest BCUT2D eigenvalue weighted by Gasteiger charge is -2.24. The molecule has 1 aromatic heterocycles. The number of aryl methyl sites for hydroxylation is 1. The van der Waals surface area contributed by atoms with Crippen molar-refractivity contribution in [1.82, 2.24) is 4.98 Å². The van der Waals surface area contributed by atoms with Crippen LogP contribution >= 0.6 is 0 Å². The van der Waals surface area contributed by atoms with Crippen molar-refractivity contribution >= 4 is 34.4 Å². The number of esters is 2. The van der Waals surface area contributed by atoms with Crippen molar-refractivity contribution in [2.24, 2.45) is 0 Å². The molecule has 0 fully saturated rings. The third kappa shape index (κ3) is 3.84. The number of anilines is 1. The molecule has 4 rings (SSSR count). The Morgan fingerprint density at radius 2 is 2.00 bits per heavy atom. The number of ether oxygens (including phenoxy) is 2. The summed E-state index contributed by atoms with van der Waals surface area (Å²) in [6, 6.07) is 11.1. The summed E-state index contributed by atoms with van der Waals surface area (Å²) in [6.45, 7) is 1.50. The van der Waals surface area contributed by atoms with Crippen molar-refractivity contribution in [2.75, 3.05) is 12.4 Å². The molecule has 158 valence electrons. The summed E-state index contributed by atoms with van der Waals surface area (Å²) < 4.78 is 23.9. The van der Waals surface area contributed by atoms with Crippen molar-refractivity contribution in [3.63, 3.8) is 0 Å². The minimum Gasteiger partial charge on any atom is -0.465 e. The lowest BCUT2D eigenvalue weighted by Crippen LogP contribution is -2.28. The quantitative estimate of drug-likeness (QED) is 0.645. The summed E-state index contributed by atoms with van der Waals surface area (Å²) in [4.78, 5) is 41.7. The van der Waals surface area contributed by atoms with Gasteiger partial charge in [-0.05, 0) is 36.2 Å². The van der Waals surface area contributed by atoms with Crippen LogP contribution < -0.4 is 5.32 Å². The van der Waals surface area contributed by atoms with E-state index in [4.69, 9.17) is 9.47 Å². The smallest absolute Gasteiger partial charge is 0.340 e. The maximum absolute atomic E-state index is 13.5. The normalized spacial score (nSPS) is 15.2. The van der Waals surface area contributed by atoms with Crippen LogP contribution in [0.1, 0.15) is 39.5 Å². The van der Waals surface area contributed by atoms with Gasteiger partial charge in [0.05, 0.1) is 29.8 Å². The number of benzene rings is 2. The zero-order valence-electron chi connectivity index (χ0n) is 16.9. The number of carbonyl (C=O) groups is 3. The Morgan fingerprint density at radius 1 is 1.23 bits per heavy atom. The number of hydrogen-bond donors (Lipinski definition) is 1. The highest BCUT2D eigenvalue weighted by atomic mass is 19.1. The summed E-state index contributed by atoms with van der Waals surface area (Å²) in [5.74, 6) is -3.06. The number of hydrogen-bond acceptors (Lipinski definition) is 6. The summed E-state index contributed by atoms with van der Waals surface area (Å²) in [7, 11) is 1.27. The Balaban J connectivity index is 1.65. The maximum Gasteiger partial charge on any atom is 0.340 e. The zero-order valence-corrected chi connectivity index (χ0v) is 16.9. The van der Waals surface area contributed by atoms with E-state index < -0.39 is 29.6 Å². The number of para-hydroxylation sites is 1. The maximum atomic E-state index is 13.5. The fourth-order valence-electron chi connectivity index (χ4n) is 3.81. The van der Waals surface area contributed by atoms with Gasteiger partial charge < -0.3 is 14.8 Å². The number of carbonyl (C=O) groups excluding carboxylic acids is 3. The Kier molecular flexibility index (Phi) is 5.37. The van der Waals surface area contributed by atoms with Gasteiger partial charge in [-0.3, -0.25) is 9.59 Å². The molecule has 1 amide bonds. The average Bonchev–Trinajstić information content (AvgIpc) is 2.76. The lowest BCUT2D eigenvalue weighted by atomic mass is 9.90. The first-order chi connectivity index (χ1) is 14.9. The van der Waals surface area contributed by atoms with Gasteiger partial charge in [0.25, 0.3) is 0 Å². The average molecular weight is 422 g/mol. The molecule has 0 bridgehead atoms. The fraction of sp³-hybridized carbons (Fsp3) is 0.217. The van der Waals surface area contributed by atoms with Crippen LogP contribution in [-0.4, -0.2) is 29.9 Å². The van der Waals surface area contributed by atoms with Gasteiger partial charge in [0.15, 0.2) is 0 Å². The first-order valence-corrected chi connectivity index (χ1v) is 9.61. The topological polar surface area (TPSA) is 94.6 Å². The first-order valence-electron chi connectivity index (χ1n) is 9.61. The van der Waals surface area contributed by atoms with E-state index in [1.807, 2.05) is 18.2 Å². The second kappa shape index (κ2) is 8.14. The number of amides is 1. The summed E-state index contributed by atoms with van der Waals surface area (Å²) >= 11 is 0. The van der Waals surface area contributed by atoms with Crippen molar-refractivity contribution in [3.05, 3.63) is 70.7 Å². The van der Waals surface area contributed by atoms with E-state index in [-0.39, 0.29) is 30.0 Å². The standard InChI is InChI=1S/C23H19FN2O5/c1-12-14-5-3-4-6-17(14)25-19(21(12)23(29)30-2)11-31-22(28)16-10-20(27)26-18-9-13(24)7-8-15(16)18/h3-9,16H,10-11H2,1-2H3,(H,26,27)/t16-/m1/s1. The van der Waals surface area contributed by atoms with Crippen LogP contribution in [0.3, 0.4) is 0 Å². The number of pyridine rings is 1. The molecule has 0 radical (unpaired) electrons. The SMILES string of the molecule is COC(=O)c1c(COC(=O)[C@@H]2CC(=O)Nc3cc(F)ccc32)nc2ccccc2c1C. The molecular formula is C23H19FN2O5. The minimum atomic E-state index is -0.882. The van der Waals surface area contributed by atoms with Crippen LogP contribution in [-0.2, 0) is 25.7 Å². The van der Waals surface area contributed by atoms with E-state index in [0.717, 1.165) is 11.5 Å². The van der Waals surface area contributed by atoms with E-state index in [9.17, 15) is 18.8 Å². The minimum absolute atomic E-state index is 0.120. The van der Waals surface area contributed by atoms with E-state index in [2.05, 4.69) is 10.3 Å². The molecule has 0 aliphatic carbocycles. The highest BCUT2D eigenvalue weighted by molar-refractivity contribution is 6.00. The van der Waals surface area contributed by atoms with Crippen molar-refractivity contribution in [1.29, 1.82) is 0 Å². The van der Waals surface area contributed by atoms with Crippen molar-refractivity contribution in [2.45, 2.75) is 25.9 Å². The van der Waals surface area contributed by atoms with E-state index in [1.54, 1.807) is 13.0 Å². The fourth-order valence-corrected chi connectivity index (χ4v) is 3.81. The van der Waals surface area contributed by atoms with E-state index in [1.165, 1.54) is 19.2 Å². The Morgan fingerprint density at radius 3 is 2.77 bits per heavy atom. The van der Waals surface area contributed by atoms with Gasteiger partial charge in [-0.15, -0.1) is 0 Å². The predicted molar refractivity (Wildman–Crippen MR) is 110 cm³/mol. The molecule has 31 heavy (non-hydrogen) atoms. The van der Waals surface area contributed by atoms with Gasteiger partial charge in [-0.1, -0.05) is 24.3 Å². The molecule has 1 N–H and O–H groups in total. The molecule has 1 aliphatic rings. The number of nitrogens with one attached hydrogen (secondary N) is 1. The zero-order chi connectivity index (χ0) is 22.1. The highest BCUT2D eigenvalue weighted by Gasteiger charge is 2.32. The second-order valence-corrected chi connectivity index (χ2v) is 7.21. The molecule has 0 spiro atoms. The summed E-state index contributed by atoms with van der Waals surface area (Å²) in [5, 5.41) is 3.35. The molecule has 1 atom stereocenters. The number of methoxy groups -OCH3 is 1. The molecule has 1 aliphatic heterocycles. The highest BCUT2D eigenvalue weighted by Crippen LogP contribution is 2.34. The molecule has 3 aromatic rings. The predicted octanol–water partition coefficient (Wildman–Crippen LogP) is 3.64. The Hall–Kier alpha value is -3.81. The van der Waals surface area contributed by atoms with Crippen molar-refractivity contribution in [3.8, 4) is 0 Å². The molecule has 0 unspecified atom stereocenters. The first kappa shape index (κ1) is 20.5. The number of aromatic nitrogens is 1. The van der Waals surface area contributed by atoms with Gasteiger partial charge in [0.2, 0.25) is 5.91 Å². The molecule has 7 nitrogen and oxygen atoms in total. The second-order valence-electron chi connectivity index (χ2n) is 7.21. The Labute approximate surface area is 177 Å². The molecule has 8 heteroatoms. The van der Waals surface area contributed by atoms with E-state index >= 15 is 0 Å². The molecular weight excluding hydrogens is 403 g/mol. The molecule has 0 saturated carbocycles. The van der Waals surface area contributed by atoms with Crippen LogP contribution in [0.15, 0.2) is 42.5 Å². The number of halogens is 1. The van der Waals surface area contributed by atoms with Crippen LogP contribution in [0.2, 0.25) is 0 Å². The van der Waals surface area contributed by atoms with Crippen LogP contribution in [0.5, 0.6) is 0 Å². The number of rotatable bonds is 4. The van der Waals surface area contributed by atoms with Crippen LogP contribution in [0.4, 0.5) is 10.1 Å².